The smallest absolute Gasteiger partial charge is 0.337 e. The summed E-state index contributed by atoms with van der Waals surface area (Å²) in [5.41, 5.74) is 3.04. The van der Waals surface area contributed by atoms with E-state index in [0.29, 0.717) is 5.56 Å². The Morgan fingerprint density at radius 3 is 2.95 bits per heavy atom. The second-order valence-electron chi connectivity index (χ2n) is 4.07. The fraction of sp³-hybridized carbons (Fsp3) is 0.0714. The molecule has 5 heteroatoms. The first-order valence-electron chi connectivity index (χ1n) is 5.76. The van der Waals surface area contributed by atoms with Crippen LogP contribution in [0.1, 0.15) is 10.4 Å². The fourth-order valence-electron chi connectivity index (χ4n) is 1.98. The molecule has 2 aromatic heterocycles. The molecule has 0 radical (unpaired) electrons. The Morgan fingerprint density at radius 1 is 1.32 bits per heavy atom. The number of pyridine rings is 1. The van der Waals surface area contributed by atoms with Gasteiger partial charge in [-0.25, -0.2) is 4.79 Å². The molecule has 0 amide bonds. The van der Waals surface area contributed by atoms with Crippen molar-refractivity contribution in [3.05, 3.63) is 48.3 Å². The number of rotatable bonds is 2. The van der Waals surface area contributed by atoms with Gasteiger partial charge in [0.05, 0.1) is 18.2 Å². The van der Waals surface area contributed by atoms with Gasteiger partial charge in [-0.2, -0.15) is 5.10 Å². The molecule has 1 N–H and O–H groups in total. The molecule has 1 aromatic carbocycles. The Bertz CT molecular complexity index is 735. The minimum absolute atomic E-state index is 0.361. The number of nitrogens with zero attached hydrogens (tertiary/aromatic N) is 2. The molecule has 0 spiro atoms. The third kappa shape index (κ3) is 1.95. The molecule has 0 unspecified atom stereocenters. The molecule has 3 rings (SSSR count). The SMILES string of the molecule is COC(=O)c1ccc2[nH]nc(-c3cccnc3)c2c1. The number of hydrogen-bond donors (Lipinski definition) is 1. The van der Waals surface area contributed by atoms with Gasteiger partial charge in [0.2, 0.25) is 0 Å². The van der Waals surface area contributed by atoms with Gasteiger partial charge in [0.1, 0.15) is 5.69 Å². The van der Waals surface area contributed by atoms with Gasteiger partial charge >= 0.3 is 5.97 Å². The molecule has 0 fully saturated rings. The highest BCUT2D eigenvalue weighted by molar-refractivity contribution is 5.99. The molecule has 0 saturated carbocycles. The maximum Gasteiger partial charge on any atom is 0.337 e. The number of hydrogen-bond acceptors (Lipinski definition) is 4. The molecule has 5 nitrogen and oxygen atoms in total. The normalized spacial score (nSPS) is 10.6. The molecule has 0 aliphatic rings. The largest absolute Gasteiger partial charge is 0.465 e. The zero-order valence-electron chi connectivity index (χ0n) is 10.3. The average Bonchev–Trinajstić information content (AvgIpc) is 2.90. The summed E-state index contributed by atoms with van der Waals surface area (Å²) < 4.78 is 4.73. The second kappa shape index (κ2) is 4.53. The number of benzene rings is 1. The topological polar surface area (TPSA) is 67.9 Å². The molecule has 0 saturated heterocycles. The fourth-order valence-corrected chi connectivity index (χ4v) is 1.98. The maximum absolute atomic E-state index is 11.6. The molecule has 0 aliphatic heterocycles. The summed E-state index contributed by atoms with van der Waals surface area (Å²) >= 11 is 0. The predicted octanol–water partition coefficient (Wildman–Crippen LogP) is 2.41. The summed E-state index contributed by atoms with van der Waals surface area (Å²) in [5.74, 6) is -0.361. The predicted molar refractivity (Wildman–Crippen MR) is 70.7 cm³/mol. The number of aromatic nitrogens is 3. The Morgan fingerprint density at radius 2 is 2.21 bits per heavy atom. The van der Waals surface area contributed by atoms with Gasteiger partial charge in [-0.15, -0.1) is 0 Å². The Labute approximate surface area is 109 Å². The van der Waals surface area contributed by atoms with E-state index in [9.17, 15) is 4.79 Å². The van der Waals surface area contributed by atoms with Crippen LogP contribution < -0.4 is 0 Å². The number of H-pyrrole nitrogens is 1. The number of carbonyl (C=O) groups is 1. The summed E-state index contributed by atoms with van der Waals surface area (Å²) in [6.07, 6.45) is 3.44. The van der Waals surface area contributed by atoms with Crippen LogP contribution in [0, 0.1) is 0 Å². The lowest BCUT2D eigenvalue weighted by molar-refractivity contribution is 0.0601. The van der Waals surface area contributed by atoms with Crippen LogP contribution >= 0.6 is 0 Å². The van der Waals surface area contributed by atoms with E-state index in [0.717, 1.165) is 22.2 Å². The van der Waals surface area contributed by atoms with Crippen LogP contribution in [0.3, 0.4) is 0 Å². The summed E-state index contributed by atoms with van der Waals surface area (Å²) in [6, 6.07) is 9.06. The standard InChI is InChI=1S/C14H11N3O2/c1-19-14(18)9-4-5-12-11(7-9)13(17-16-12)10-3-2-6-15-8-10/h2-8H,1H3,(H,16,17). The minimum atomic E-state index is -0.361. The average molecular weight is 253 g/mol. The van der Waals surface area contributed by atoms with Crippen LogP contribution in [-0.4, -0.2) is 28.3 Å². The minimum Gasteiger partial charge on any atom is -0.465 e. The van der Waals surface area contributed by atoms with Crippen molar-refractivity contribution >= 4 is 16.9 Å². The maximum atomic E-state index is 11.6. The first-order valence-corrected chi connectivity index (χ1v) is 5.76. The van der Waals surface area contributed by atoms with Gasteiger partial charge in [-0.3, -0.25) is 10.1 Å². The lowest BCUT2D eigenvalue weighted by atomic mass is 10.1. The lowest BCUT2D eigenvalue weighted by Gasteiger charge is -2.00. The number of fused-ring (bicyclic) bond motifs is 1. The lowest BCUT2D eigenvalue weighted by Crippen LogP contribution is -2.00. The molecular weight excluding hydrogens is 242 g/mol. The van der Waals surface area contributed by atoms with Gasteiger partial charge in [-0.05, 0) is 30.3 Å². The number of ether oxygens (including phenoxy) is 1. The Balaban J connectivity index is 2.19. The van der Waals surface area contributed by atoms with Gasteiger partial charge in [0.25, 0.3) is 0 Å². The number of methoxy groups -OCH3 is 1. The zero-order chi connectivity index (χ0) is 13.2. The van der Waals surface area contributed by atoms with Crippen molar-refractivity contribution in [2.75, 3.05) is 7.11 Å². The third-order valence-electron chi connectivity index (χ3n) is 2.92. The van der Waals surface area contributed by atoms with Gasteiger partial charge in [0, 0.05) is 23.3 Å². The molecule has 0 atom stereocenters. The van der Waals surface area contributed by atoms with E-state index < -0.39 is 0 Å². The highest BCUT2D eigenvalue weighted by atomic mass is 16.5. The van der Waals surface area contributed by atoms with Crippen molar-refractivity contribution in [2.24, 2.45) is 0 Å². The molecular formula is C14H11N3O2. The molecule has 3 aromatic rings. The van der Waals surface area contributed by atoms with Crippen LogP contribution in [0.5, 0.6) is 0 Å². The summed E-state index contributed by atoms with van der Waals surface area (Å²) in [6.45, 7) is 0. The monoisotopic (exact) mass is 253 g/mol. The number of nitrogens with one attached hydrogen (secondary N) is 1. The highest BCUT2D eigenvalue weighted by Gasteiger charge is 2.12. The number of carbonyl (C=O) groups excluding carboxylic acids is 1. The highest BCUT2D eigenvalue weighted by Crippen LogP contribution is 2.26. The Kier molecular flexibility index (Phi) is 2.72. The van der Waals surface area contributed by atoms with Crippen molar-refractivity contribution in [3.63, 3.8) is 0 Å². The van der Waals surface area contributed by atoms with Crippen LogP contribution in [0.4, 0.5) is 0 Å². The summed E-state index contributed by atoms with van der Waals surface area (Å²) in [7, 11) is 1.37. The summed E-state index contributed by atoms with van der Waals surface area (Å²) in [5, 5.41) is 8.09. The van der Waals surface area contributed by atoms with E-state index in [1.54, 1.807) is 24.5 Å². The molecule has 0 aliphatic carbocycles. The Hall–Kier alpha value is -2.69. The van der Waals surface area contributed by atoms with E-state index in [-0.39, 0.29) is 5.97 Å². The zero-order valence-corrected chi connectivity index (χ0v) is 10.3. The van der Waals surface area contributed by atoms with Crippen LogP contribution in [0.2, 0.25) is 0 Å². The van der Waals surface area contributed by atoms with E-state index in [1.165, 1.54) is 7.11 Å². The number of aromatic amines is 1. The van der Waals surface area contributed by atoms with Gasteiger partial charge in [0.15, 0.2) is 0 Å². The van der Waals surface area contributed by atoms with Crippen LogP contribution in [0.15, 0.2) is 42.7 Å². The summed E-state index contributed by atoms with van der Waals surface area (Å²) in [4.78, 5) is 15.6. The van der Waals surface area contributed by atoms with Crippen LogP contribution in [-0.2, 0) is 4.74 Å². The van der Waals surface area contributed by atoms with E-state index >= 15 is 0 Å². The van der Waals surface area contributed by atoms with E-state index in [1.807, 2.05) is 18.2 Å². The quantitative estimate of drug-likeness (QED) is 0.712. The van der Waals surface area contributed by atoms with E-state index in [2.05, 4.69) is 15.2 Å². The number of esters is 1. The first kappa shape index (κ1) is 11.4. The van der Waals surface area contributed by atoms with E-state index in [4.69, 9.17) is 4.74 Å². The van der Waals surface area contributed by atoms with Crippen molar-refractivity contribution < 1.29 is 9.53 Å². The van der Waals surface area contributed by atoms with Crippen molar-refractivity contribution in [1.29, 1.82) is 0 Å². The van der Waals surface area contributed by atoms with Gasteiger partial charge < -0.3 is 4.74 Å². The van der Waals surface area contributed by atoms with Crippen molar-refractivity contribution in [2.45, 2.75) is 0 Å². The van der Waals surface area contributed by atoms with Crippen molar-refractivity contribution in [1.82, 2.24) is 15.2 Å². The molecule has 0 bridgehead atoms. The van der Waals surface area contributed by atoms with Crippen LogP contribution in [0.25, 0.3) is 22.2 Å². The first-order chi connectivity index (χ1) is 9.29. The molecule has 2 heterocycles. The molecule has 94 valence electrons. The van der Waals surface area contributed by atoms with Crippen molar-refractivity contribution in [3.8, 4) is 11.3 Å². The third-order valence-corrected chi connectivity index (χ3v) is 2.92. The van der Waals surface area contributed by atoms with Gasteiger partial charge in [-0.1, -0.05) is 0 Å². The molecule has 19 heavy (non-hydrogen) atoms. The second-order valence-corrected chi connectivity index (χ2v) is 4.07.